The zero-order valence-corrected chi connectivity index (χ0v) is 38.1. The molecule has 1 unspecified atom stereocenters. The van der Waals surface area contributed by atoms with Gasteiger partial charge in [-0.1, -0.05) is 63.9 Å². The van der Waals surface area contributed by atoms with Crippen LogP contribution in [0.4, 0.5) is 5.00 Å². The Morgan fingerprint density at radius 2 is 1.46 bits per heavy atom. The average Bonchev–Trinajstić information content (AvgIpc) is 3.98. The third-order valence-corrected chi connectivity index (χ3v) is 12.4. The summed E-state index contributed by atoms with van der Waals surface area (Å²) in [5.41, 5.74) is 10.4. The summed E-state index contributed by atoms with van der Waals surface area (Å²) in [6.45, 7) is 13.1. The van der Waals surface area contributed by atoms with Crippen molar-refractivity contribution in [2.24, 2.45) is 0 Å². The Kier molecular flexibility index (Phi) is 22.6. The lowest BCUT2D eigenvalue weighted by Crippen LogP contribution is -2.13. The molecule has 0 aliphatic heterocycles. The molecule has 0 saturated heterocycles. The molecule has 0 amide bonds. The molecule has 322 valence electrons. The van der Waals surface area contributed by atoms with E-state index >= 15 is 0 Å². The second-order valence-corrected chi connectivity index (χ2v) is 16.8. The number of halogens is 1. The number of nitrogens with two attached hydrogens (primary N) is 1. The Bertz CT molecular complexity index is 2370. The number of aliphatic hydroxyl groups excluding tert-OH is 2. The van der Waals surface area contributed by atoms with Gasteiger partial charge >= 0.3 is 5.97 Å². The van der Waals surface area contributed by atoms with Crippen molar-refractivity contribution in [1.82, 2.24) is 19.9 Å². The van der Waals surface area contributed by atoms with Crippen molar-refractivity contribution in [3.05, 3.63) is 96.4 Å². The SMILES string of the molecule is CCC(=O)COS(=O)(=O)c1ccc(C)cc1.CCC(O)CO.CCOC(=O)c1c(CC)csc1N.CCc1csc2nc[nH]c(=O)c12.CCc1csc2ncnc(Cl)c12. The lowest BCUT2D eigenvalue weighted by atomic mass is 10.1. The number of aromatic nitrogens is 4. The molecule has 6 rings (SSSR count). The van der Waals surface area contributed by atoms with Crippen LogP contribution in [-0.2, 0) is 43.1 Å². The predicted molar refractivity (Wildman–Crippen MR) is 238 cm³/mol. The lowest BCUT2D eigenvalue weighted by Gasteiger charge is -2.04. The van der Waals surface area contributed by atoms with Crippen LogP contribution >= 0.6 is 45.6 Å². The van der Waals surface area contributed by atoms with E-state index in [-0.39, 0.29) is 35.2 Å². The van der Waals surface area contributed by atoms with Crippen LogP contribution in [0.3, 0.4) is 0 Å². The van der Waals surface area contributed by atoms with Gasteiger partial charge in [0.05, 0.1) is 46.9 Å². The summed E-state index contributed by atoms with van der Waals surface area (Å²) >= 11 is 10.5. The molecule has 0 saturated carbocycles. The standard InChI is InChI=1S/C11H14O4S.C9H13NO2S.C8H7ClN2S.C8H8N2OS.C4H10O2/c1-3-10(12)8-15-16(13,14)11-6-4-9(2)5-7-11;1-3-6-5-13-8(10)7(6)9(11)12-4-2;1-2-5-3-12-8-6(5)7(9)10-4-11-8;1-2-5-3-12-8-6(5)7(11)9-4-10-8;1-2-4(6)3-5/h4-7H,3,8H2,1-2H3;5H,3-4,10H2,1-2H3;3-4H,2H2,1H3;3-4H,2H2,1H3,(H,9,10,11);4-6H,2-3H2,1H3. The second-order valence-electron chi connectivity index (χ2n) is 12.2. The zero-order chi connectivity index (χ0) is 44.1. The van der Waals surface area contributed by atoms with Crippen LogP contribution < -0.4 is 11.3 Å². The molecular weight excluding hydrogens is 858 g/mol. The number of aryl methyl sites for hydroxylation is 4. The van der Waals surface area contributed by atoms with Gasteiger partial charge in [0.2, 0.25) is 0 Å². The second kappa shape index (κ2) is 26.2. The maximum atomic E-state index is 11.6. The summed E-state index contributed by atoms with van der Waals surface area (Å²) in [4.78, 5) is 50.3. The quantitative estimate of drug-likeness (QED) is 0.0520. The Hall–Kier alpha value is -4.14. The first-order valence-corrected chi connectivity index (χ1v) is 23.1. The fraction of sp³-hybridized carbons (Fsp3) is 0.400. The lowest BCUT2D eigenvalue weighted by molar-refractivity contribution is -0.120. The van der Waals surface area contributed by atoms with Gasteiger partial charge in [0, 0.05) is 6.42 Å². The van der Waals surface area contributed by atoms with Crippen molar-refractivity contribution in [2.45, 2.75) is 91.6 Å². The van der Waals surface area contributed by atoms with Crippen LogP contribution in [-0.4, -0.2) is 76.2 Å². The molecule has 6 aromatic rings. The van der Waals surface area contributed by atoms with Crippen LogP contribution in [0.5, 0.6) is 0 Å². The number of thiophene rings is 3. The summed E-state index contributed by atoms with van der Waals surface area (Å²) in [6.07, 6.45) is 6.01. The molecule has 0 aliphatic carbocycles. The summed E-state index contributed by atoms with van der Waals surface area (Å²) < 4.78 is 32.7. The minimum Gasteiger partial charge on any atom is -0.462 e. The maximum Gasteiger partial charge on any atom is 0.341 e. The Labute approximate surface area is 361 Å². The largest absolute Gasteiger partial charge is 0.462 e. The summed E-state index contributed by atoms with van der Waals surface area (Å²) in [5.74, 6) is -0.547. The number of hydrogen-bond acceptors (Lipinski definition) is 16. The summed E-state index contributed by atoms with van der Waals surface area (Å²) in [7, 11) is -3.80. The number of carbonyl (C=O) groups excluding carboxylic acids is 2. The van der Waals surface area contributed by atoms with E-state index in [9.17, 15) is 22.8 Å². The molecule has 0 radical (unpaired) electrons. The first-order valence-electron chi connectivity index (χ1n) is 18.7. The molecule has 19 heteroatoms. The number of H-pyrrole nitrogens is 1. The van der Waals surface area contributed by atoms with E-state index in [0.29, 0.717) is 28.7 Å². The van der Waals surface area contributed by atoms with Crippen molar-refractivity contribution >= 4 is 92.9 Å². The number of carbonyl (C=O) groups is 2. The van der Waals surface area contributed by atoms with Crippen molar-refractivity contribution in [2.75, 3.05) is 25.6 Å². The van der Waals surface area contributed by atoms with Crippen LogP contribution in [0.15, 0.2) is 62.8 Å². The number of ether oxygens (including phenoxy) is 1. The van der Waals surface area contributed by atoms with Crippen LogP contribution in [0, 0.1) is 6.92 Å². The van der Waals surface area contributed by atoms with E-state index in [0.717, 1.165) is 56.4 Å². The molecule has 5 N–H and O–H groups in total. The number of aromatic amines is 1. The molecule has 14 nitrogen and oxygen atoms in total. The first kappa shape index (κ1) is 51.0. The highest BCUT2D eigenvalue weighted by Gasteiger charge is 2.17. The number of fused-ring (bicyclic) bond motifs is 2. The number of aliphatic hydroxyl groups is 2. The van der Waals surface area contributed by atoms with Gasteiger partial charge in [-0.25, -0.2) is 19.7 Å². The normalized spacial score (nSPS) is 11.2. The van der Waals surface area contributed by atoms with Crippen molar-refractivity contribution in [3.63, 3.8) is 0 Å². The predicted octanol–water partition coefficient (Wildman–Crippen LogP) is 7.95. The van der Waals surface area contributed by atoms with Gasteiger partial charge < -0.3 is 25.7 Å². The fourth-order valence-electron chi connectivity index (χ4n) is 4.61. The molecule has 1 atom stereocenters. The molecule has 5 heterocycles. The number of rotatable bonds is 12. The highest BCUT2D eigenvalue weighted by atomic mass is 35.5. The maximum absolute atomic E-state index is 11.6. The van der Waals surface area contributed by atoms with E-state index in [1.54, 1.807) is 37.3 Å². The molecule has 0 bridgehead atoms. The first-order chi connectivity index (χ1) is 28.1. The van der Waals surface area contributed by atoms with Crippen LogP contribution in [0.2, 0.25) is 5.15 Å². The number of hydrogen-bond donors (Lipinski definition) is 4. The highest BCUT2D eigenvalue weighted by molar-refractivity contribution is 7.86. The number of esters is 1. The van der Waals surface area contributed by atoms with Gasteiger partial charge in [-0.05, 0) is 84.5 Å². The molecule has 0 aliphatic rings. The van der Waals surface area contributed by atoms with Gasteiger partial charge in [0.25, 0.3) is 15.7 Å². The minimum atomic E-state index is -3.80. The van der Waals surface area contributed by atoms with Gasteiger partial charge in [-0.2, -0.15) is 8.42 Å². The van der Waals surface area contributed by atoms with Gasteiger partial charge in [0.1, 0.15) is 32.7 Å². The topological polar surface area (TPSA) is 225 Å². The number of nitrogens with one attached hydrogen (secondary N) is 1. The summed E-state index contributed by atoms with van der Waals surface area (Å²) in [5, 5.41) is 25.4. The van der Waals surface area contributed by atoms with E-state index in [2.05, 4.69) is 36.4 Å². The molecule has 0 spiro atoms. The number of ketones is 1. The van der Waals surface area contributed by atoms with Crippen LogP contribution in [0.25, 0.3) is 20.4 Å². The Morgan fingerprint density at radius 3 is 1.98 bits per heavy atom. The number of nitrogen functional groups attached to an aromatic ring is 1. The van der Waals surface area contributed by atoms with E-state index < -0.39 is 22.8 Å². The van der Waals surface area contributed by atoms with E-state index in [4.69, 9.17) is 32.3 Å². The summed E-state index contributed by atoms with van der Waals surface area (Å²) in [6, 6.07) is 6.28. The van der Waals surface area contributed by atoms with Crippen molar-refractivity contribution in [3.8, 4) is 0 Å². The number of benzene rings is 1. The van der Waals surface area contributed by atoms with Gasteiger partial charge in [-0.3, -0.25) is 13.8 Å². The van der Waals surface area contributed by atoms with E-state index in [1.807, 2.05) is 38.5 Å². The third-order valence-electron chi connectivity index (χ3n) is 8.13. The monoisotopic (exact) mass is 909 g/mol. The van der Waals surface area contributed by atoms with Crippen LogP contribution in [0.1, 0.15) is 87.0 Å². The van der Waals surface area contributed by atoms with Gasteiger partial charge in [0.15, 0.2) is 5.78 Å². The zero-order valence-electron chi connectivity index (χ0n) is 34.1. The number of anilines is 1. The smallest absolute Gasteiger partial charge is 0.341 e. The minimum absolute atomic E-state index is 0.0295. The highest BCUT2D eigenvalue weighted by Crippen LogP contribution is 2.29. The molecule has 5 aromatic heterocycles. The molecule has 0 fully saturated rings. The molecular formula is C40H52ClN5O9S4. The van der Waals surface area contributed by atoms with Crippen molar-refractivity contribution < 1.29 is 37.1 Å². The van der Waals surface area contributed by atoms with Crippen molar-refractivity contribution in [1.29, 1.82) is 0 Å². The Balaban J connectivity index is 0.000000260. The van der Waals surface area contributed by atoms with E-state index in [1.165, 1.54) is 53.0 Å². The van der Waals surface area contributed by atoms with Gasteiger partial charge in [-0.15, -0.1) is 34.0 Å². The number of nitrogens with zero attached hydrogens (tertiary/aromatic N) is 3. The average molecular weight is 911 g/mol. The molecule has 1 aromatic carbocycles. The fourth-order valence-corrected chi connectivity index (χ4v) is 8.68. The Morgan fingerprint density at radius 1 is 0.881 bits per heavy atom. The number of Topliss-reactive ketones (excluding diaryl/α,β-unsaturated/α-hetero) is 1. The third kappa shape index (κ3) is 15.8. The molecule has 59 heavy (non-hydrogen) atoms.